The van der Waals surface area contributed by atoms with Gasteiger partial charge in [-0.15, -0.1) is 0 Å². The van der Waals surface area contributed by atoms with Crippen LogP contribution in [-0.4, -0.2) is 32.3 Å². The minimum atomic E-state index is -0.475. The number of aliphatic hydroxyl groups excluding tert-OH is 1. The third-order valence-corrected chi connectivity index (χ3v) is 4.03. The van der Waals surface area contributed by atoms with Crippen LogP contribution in [0.4, 0.5) is 21.7 Å². The zero-order valence-corrected chi connectivity index (χ0v) is 15.5. The molecule has 148 valence electrons. The number of amides is 1. The van der Waals surface area contributed by atoms with Crippen molar-refractivity contribution >= 4 is 46.6 Å². The number of terminal acetylenes is 1. The van der Waals surface area contributed by atoms with E-state index in [1.54, 1.807) is 12.3 Å². The van der Waals surface area contributed by atoms with Crippen molar-refractivity contribution in [2.75, 3.05) is 17.7 Å². The molecule has 4 rings (SSSR count). The topological polar surface area (TPSA) is 130 Å². The number of hydrogen-bond donors (Lipinski definition) is 5. The number of rotatable bonds is 3. The molecule has 0 radical (unpaired) electrons. The fourth-order valence-electron chi connectivity index (χ4n) is 2.57. The first-order valence-electron chi connectivity index (χ1n) is 8.12. The molecular weight excluding hydrogens is 401 g/mol. The summed E-state index contributed by atoms with van der Waals surface area (Å²) in [6.07, 6.45) is 8.57. The summed E-state index contributed by atoms with van der Waals surface area (Å²) in [5.74, 6) is -0.0708. The predicted molar refractivity (Wildman–Crippen MR) is 107 cm³/mol. The number of hydrogen-bond acceptors (Lipinski definition) is 7. The molecule has 29 heavy (non-hydrogen) atoms. The zero-order chi connectivity index (χ0) is 21.0. The number of carbonyl (C=O) groups excluding carboxylic acids is 1. The number of nitrogens with one attached hydrogen (secondary N) is 3. The third kappa shape index (κ3) is 4.31. The predicted octanol–water partition coefficient (Wildman–Crippen LogP) is 1.81. The number of anilines is 3. The Morgan fingerprint density at radius 3 is 2.86 bits per heavy atom. The number of nitrogens with zero attached hydrogens (tertiary/aromatic N) is 3. The quantitative estimate of drug-likeness (QED) is 0.326. The van der Waals surface area contributed by atoms with E-state index in [1.165, 1.54) is 34.9 Å². The number of aromatic nitrogens is 3. The lowest BCUT2D eigenvalue weighted by Crippen LogP contribution is -2.14. The number of nitrogen functional groups attached to an aromatic ring is 1. The van der Waals surface area contributed by atoms with Gasteiger partial charge in [0.1, 0.15) is 29.3 Å². The molecule has 11 heteroatoms. The van der Waals surface area contributed by atoms with Gasteiger partial charge >= 0.3 is 0 Å². The fraction of sp³-hybridized carbons (Fsp3) is 0.0556. The van der Waals surface area contributed by atoms with E-state index in [0.29, 0.717) is 40.2 Å². The molecule has 0 saturated carbocycles. The Labute approximate surface area is 169 Å². The fourth-order valence-corrected chi connectivity index (χ4v) is 2.74. The molecule has 0 bridgehead atoms. The molecule has 0 spiro atoms. The van der Waals surface area contributed by atoms with Crippen LogP contribution in [0.3, 0.4) is 0 Å². The number of benzene rings is 1. The second-order valence-corrected chi connectivity index (χ2v) is 6.13. The molecule has 1 aliphatic heterocycles. The first-order valence-corrected chi connectivity index (χ1v) is 8.50. The SMILES string of the molecule is C#CO.Nc1cc(Nc2cc(Cl)ccc2F)nc2c(/C=C3\NCNC3=O)cnn12. The van der Waals surface area contributed by atoms with Crippen LogP contribution in [-0.2, 0) is 4.79 Å². The normalized spacial score (nSPS) is 14.0. The molecule has 0 unspecified atom stereocenters. The minimum Gasteiger partial charge on any atom is -0.462 e. The molecule has 0 aliphatic carbocycles. The monoisotopic (exact) mass is 415 g/mol. The van der Waals surface area contributed by atoms with E-state index >= 15 is 0 Å². The minimum absolute atomic E-state index is 0.171. The molecule has 1 amide bonds. The largest absolute Gasteiger partial charge is 0.462 e. The maximum atomic E-state index is 13.9. The second kappa shape index (κ2) is 8.37. The summed E-state index contributed by atoms with van der Waals surface area (Å²) in [7, 11) is 0. The maximum Gasteiger partial charge on any atom is 0.268 e. The van der Waals surface area contributed by atoms with E-state index in [1.807, 2.05) is 0 Å². The summed E-state index contributed by atoms with van der Waals surface area (Å²) < 4.78 is 15.4. The summed E-state index contributed by atoms with van der Waals surface area (Å²) >= 11 is 5.91. The van der Waals surface area contributed by atoms with Crippen molar-refractivity contribution < 1.29 is 14.3 Å². The highest BCUT2D eigenvalue weighted by molar-refractivity contribution is 6.30. The van der Waals surface area contributed by atoms with Crippen molar-refractivity contribution in [1.29, 1.82) is 0 Å². The molecule has 1 saturated heterocycles. The van der Waals surface area contributed by atoms with Crippen molar-refractivity contribution in [1.82, 2.24) is 25.2 Å². The third-order valence-electron chi connectivity index (χ3n) is 3.79. The number of fused-ring (bicyclic) bond motifs is 1. The first kappa shape index (κ1) is 19.8. The lowest BCUT2D eigenvalue weighted by molar-refractivity contribution is -0.116. The van der Waals surface area contributed by atoms with Crippen LogP contribution in [0.15, 0.2) is 36.2 Å². The van der Waals surface area contributed by atoms with Crippen molar-refractivity contribution in [3.8, 4) is 12.5 Å². The molecule has 2 aromatic heterocycles. The van der Waals surface area contributed by atoms with Gasteiger partial charge in [0.25, 0.3) is 5.91 Å². The molecule has 6 N–H and O–H groups in total. The Bertz CT molecular complexity index is 1150. The summed E-state index contributed by atoms with van der Waals surface area (Å²) in [6, 6.07) is 5.68. The molecular formula is C18H15ClFN7O2. The van der Waals surface area contributed by atoms with Gasteiger partial charge in [-0.3, -0.25) is 4.79 Å². The van der Waals surface area contributed by atoms with E-state index in [0.717, 1.165) is 0 Å². The van der Waals surface area contributed by atoms with Gasteiger partial charge in [-0.1, -0.05) is 18.0 Å². The van der Waals surface area contributed by atoms with E-state index < -0.39 is 5.82 Å². The first-order chi connectivity index (χ1) is 13.9. The zero-order valence-electron chi connectivity index (χ0n) is 14.8. The average molecular weight is 416 g/mol. The van der Waals surface area contributed by atoms with Crippen LogP contribution >= 0.6 is 11.6 Å². The number of halogens is 2. The smallest absolute Gasteiger partial charge is 0.268 e. The molecule has 1 fully saturated rings. The van der Waals surface area contributed by atoms with E-state index in [9.17, 15) is 9.18 Å². The van der Waals surface area contributed by atoms with Crippen LogP contribution in [0.5, 0.6) is 0 Å². The van der Waals surface area contributed by atoms with E-state index in [4.69, 9.17) is 22.4 Å². The molecule has 3 heterocycles. The average Bonchev–Trinajstić information content (AvgIpc) is 3.26. The Balaban J connectivity index is 0.000000755. The second-order valence-electron chi connectivity index (χ2n) is 5.70. The van der Waals surface area contributed by atoms with Crippen LogP contribution in [0, 0.1) is 18.3 Å². The summed E-state index contributed by atoms with van der Waals surface area (Å²) in [5, 5.41) is 20.1. The standard InChI is InChI=1S/C16H13ClFN7O.C2H2O/c17-9-1-2-10(18)11(4-9)23-14-5-13(19)25-15(24-14)8(6-22-25)3-12-16(26)21-7-20-12;1-2-3/h1-6,20H,7,19H2,(H,21,26)(H,23,24);1,3H/b12-3-;. The summed E-state index contributed by atoms with van der Waals surface area (Å²) in [5.41, 5.74) is 7.60. The van der Waals surface area contributed by atoms with Crippen LogP contribution in [0.1, 0.15) is 5.56 Å². The van der Waals surface area contributed by atoms with Gasteiger partial charge in [-0.25, -0.2) is 9.37 Å². The van der Waals surface area contributed by atoms with Gasteiger partial charge < -0.3 is 26.8 Å². The lowest BCUT2D eigenvalue weighted by atomic mass is 10.2. The van der Waals surface area contributed by atoms with Gasteiger partial charge in [-0.2, -0.15) is 9.61 Å². The summed E-state index contributed by atoms with van der Waals surface area (Å²) in [4.78, 5) is 16.1. The van der Waals surface area contributed by atoms with Gasteiger partial charge in [-0.05, 0) is 24.3 Å². The number of carbonyl (C=O) groups is 1. The highest BCUT2D eigenvalue weighted by Crippen LogP contribution is 2.25. The van der Waals surface area contributed by atoms with Gasteiger partial charge in [0.15, 0.2) is 5.65 Å². The number of nitrogens with two attached hydrogens (primary N) is 1. The van der Waals surface area contributed by atoms with Gasteiger partial charge in [0, 0.05) is 16.7 Å². The Morgan fingerprint density at radius 1 is 1.41 bits per heavy atom. The van der Waals surface area contributed by atoms with Crippen molar-refractivity contribution in [3.05, 3.63) is 52.6 Å². The Morgan fingerprint density at radius 2 is 2.17 bits per heavy atom. The van der Waals surface area contributed by atoms with Crippen LogP contribution in [0.25, 0.3) is 11.7 Å². The maximum absolute atomic E-state index is 13.9. The van der Waals surface area contributed by atoms with Gasteiger partial charge in [0.2, 0.25) is 0 Å². The van der Waals surface area contributed by atoms with Gasteiger partial charge in [0.05, 0.1) is 18.6 Å². The molecule has 3 aromatic rings. The van der Waals surface area contributed by atoms with Crippen molar-refractivity contribution in [2.24, 2.45) is 0 Å². The van der Waals surface area contributed by atoms with E-state index in [2.05, 4.69) is 32.5 Å². The molecule has 1 aromatic carbocycles. The number of aliphatic hydroxyl groups is 1. The summed E-state index contributed by atoms with van der Waals surface area (Å²) in [6.45, 7) is 0.361. The van der Waals surface area contributed by atoms with Crippen molar-refractivity contribution in [2.45, 2.75) is 0 Å². The molecule has 1 aliphatic rings. The molecule has 9 nitrogen and oxygen atoms in total. The van der Waals surface area contributed by atoms with E-state index in [-0.39, 0.29) is 11.6 Å². The highest BCUT2D eigenvalue weighted by Gasteiger charge is 2.17. The molecule has 0 atom stereocenters. The Hall–Kier alpha value is -3.97. The Kier molecular flexibility index (Phi) is 5.71. The van der Waals surface area contributed by atoms with Crippen LogP contribution < -0.4 is 21.7 Å². The lowest BCUT2D eigenvalue weighted by Gasteiger charge is -2.09. The van der Waals surface area contributed by atoms with Crippen LogP contribution in [0.2, 0.25) is 5.02 Å². The highest BCUT2D eigenvalue weighted by atomic mass is 35.5. The van der Waals surface area contributed by atoms with Crippen molar-refractivity contribution in [3.63, 3.8) is 0 Å².